The lowest BCUT2D eigenvalue weighted by Gasteiger charge is -2.09. The van der Waals surface area contributed by atoms with Crippen molar-refractivity contribution < 1.29 is 14.3 Å². The highest BCUT2D eigenvalue weighted by Crippen LogP contribution is 2.39. The van der Waals surface area contributed by atoms with Gasteiger partial charge in [-0.15, -0.1) is 0 Å². The third kappa shape index (κ3) is 2.75. The Bertz CT molecular complexity index is 734. The molecule has 0 fully saturated rings. The third-order valence-electron chi connectivity index (χ3n) is 2.95. The monoisotopic (exact) mass is 324 g/mol. The first kappa shape index (κ1) is 14.0. The van der Waals surface area contributed by atoms with Crippen LogP contribution in [0.5, 0.6) is 11.5 Å². The maximum absolute atomic E-state index is 12.2. The van der Waals surface area contributed by atoms with Gasteiger partial charge in [0.15, 0.2) is 11.5 Å². The Morgan fingerprint density at radius 3 is 2.62 bits per heavy atom. The molecule has 1 aliphatic rings. The van der Waals surface area contributed by atoms with Gasteiger partial charge in [-0.3, -0.25) is 9.78 Å². The number of hydrogen-bond donors (Lipinski definition) is 1. The van der Waals surface area contributed by atoms with Crippen molar-refractivity contribution in [3.05, 3.63) is 45.7 Å². The Labute approximate surface area is 130 Å². The molecule has 1 amide bonds. The lowest BCUT2D eigenvalue weighted by molar-refractivity contribution is 0.102. The maximum Gasteiger partial charge on any atom is 0.258 e. The predicted octanol–water partition coefficient (Wildman–Crippen LogP) is 3.68. The Kier molecular flexibility index (Phi) is 3.61. The molecule has 0 unspecified atom stereocenters. The largest absolute Gasteiger partial charge is 0.454 e. The molecular formula is C14H10Cl2N2O3. The van der Waals surface area contributed by atoms with Crippen molar-refractivity contribution in [2.45, 2.75) is 6.92 Å². The van der Waals surface area contributed by atoms with Crippen LogP contribution >= 0.6 is 23.2 Å². The van der Waals surface area contributed by atoms with Gasteiger partial charge in [-0.05, 0) is 13.0 Å². The van der Waals surface area contributed by atoms with Crippen molar-refractivity contribution in [3.63, 3.8) is 0 Å². The minimum atomic E-state index is -0.395. The quantitative estimate of drug-likeness (QED) is 0.915. The number of pyridine rings is 1. The molecule has 2 heterocycles. The second-order valence-corrected chi connectivity index (χ2v) is 5.26. The fourth-order valence-corrected chi connectivity index (χ4v) is 2.39. The molecule has 0 bridgehead atoms. The van der Waals surface area contributed by atoms with Crippen LogP contribution in [-0.4, -0.2) is 17.7 Å². The van der Waals surface area contributed by atoms with Crippen LogP contribution in [0.4, 0.5) is 5.69 Å². The molecule has 0 radical (unpaired) electrons. The number of nitrogens with one attached hydrogen (secondary N) is 1. The van der Waals surface area contributed by atoms with Crippen LogP contribution in [0.25, 0.3) is 0 Å². The molecule has 21 heavy (non-hydrogen) atoms. The van der Waals surface area contributed by atoms with Gasteiger partial charge < -0.3 is 14.8 Å². The molecule has 7 heteroatoms. The van der Waals surface area contributed by atoms with Gasteiger partial charge in [-0.2, -0.15) is 0 Å². The first-order chi connectivity index (χ1) is 10.0. The van der Waals surface area contributed by atoms with Gasteiger partial charge in [-0.25, -0.2) is 0 Å². The molecule has 1 N–H and O–H groups in total. The van der Waals surface area contributed by atoms with Gasteiger partial charge in [0.05, 0.1) is 21.3 Å². The van der Waals surface area contributed by atoms with Crippen LogP contribution < -0.4 is 14.8 Å². The first-order valence-electron chi connectivity index (χ1n) is 6.07. The summed E-state index contributed by atoms with van der Waals surface area (Å²) in [6, 6.07) is 4.82. The van der Waals surface area contributed by atoms with Crippen molar-refractivity contribution in [3.8, 4) is 11.5 Å². The standard InChI is InChI=1S/C14H10Cl2N2O3/c1-7-2-9(15)8(5-17-7)14(19)18-11-4-13-12(3-10(11)16)20-6-21-13/h2-5H,6H2,1H3,(H,18,19). The van der Waals surface area contributed by atoms with E-state index < -0.39 is 5.91 Å². The summed E-state index contributed by atoms with van der Waals surface area (Å²) in [5.74, 6) is 0.684. The number of ether oxygens (including phenoxy) is 2. The van der Waals surface area contributed by atoms with Gasteiger partial charge in [0.25, 0.3) is 5.91 Å². The number of aryl methyl sites for hydroxylation is 1. The van der Waals surface area contributed by atoms with Gasteiger partial charge in [0, 0.05) is 24.0 Å². The fraction of sp³-hybridized carbons (Fsp3) is 0.143. The summed E-state index contributed by atoms with van der Waals surface area (Å²) >= 11 is 12.2. The van der Waals surface area contributed by atoms with E-state index in [0.717, 1.165) is 5.69 Å². The van der Waals surface area contributed by atoms with Crippen molar-refractivity contribution in [1.82, 2.24) is 4.98 Å². The van der Waals surface area contributed by atoms with E-state index in [1.54, 1.807) is 25.1 Å². The molecule has 0 saturated carbocycles. The molecular weight excluding hydrogens is 315 g/mol. The molecule has 1 aromatic carbocycles. The predicted molar refractivity (Wildman–Crippen MR) is 79.5 cm³/mol. The van der Waals surface area contributed by atoms with Crippen molar-refractivity contribution in [1.29, 1.82) is 0 Å². The smallest absolute Gasteiger partial charge is 0.258 e. The molecule has 1 aliphatic heterocycles. The van der Waals surface area contributed by atoms with E-state index in [1.807, 2.05) is 0 Å². The number of halogens is 2. The van der Waals surface area contributed by atoms with Gasteiger partial charge >= 0.3 is 0 Å². The van der Waals surface area contributed by atoms with Gasteiger partial charge in [0.1, 0.15) is 0 Å². The molecule has 0 atom stereocenters. The number of anilines is 1. The fourth-order valence-electron chi connectivity index (χ4n) is 1.90. The van der Waals surface area contributed by atoms with Crippen molar-refractivity contribution >= 4 is 34.8 Å². The first-order valence-corrected chi connectivity index (χ1v) is 6.83. The summed E-state index contributed by atoms with van der Waals surface area (Å²) in [6.07, 6.45) is 1.42. The zero-order chi connectivity index (χ0) is 15.0. The normalized spacial score (nSPS) is 12.3. The Morgan fingerprint density at radius 1 is 1.19 bits per heavy atom. The summed E-state index contributed by atoms with van der Waals surface area (Å²) in [5, 5.41) is 3.37. The van der Waals surface area contributed by atoms with Crippen LogP contribution in [0.15, 0.2) is 24.4 Å². The maximum atomic E-state index is 12.2. The Morgan fingerprint density at radius 2 is 1.90 bits per heavy atom. The molecule has 0 spiro atoms. The number of fused-ring (bicyclic) bond motifs is 1. The van der Waals surface area contributed by atoms with E-state index in [-0.39, 0.29) is 12.4 Å². The number of hydrogen-bond acceptors (Lipinski definition) is 4. The summed E-state index contributed by atoms with van der Waals surface area (Å²) in [4.78, 5) is 16.3. The molecule has 1 aromatic heterocycles. The van der Waals surface area contributed by atoms with Crippen LogP contribution in [-0.2, 0) is 0 Å². The van der Waals surface area contributed by atoms with E-state index >= 15 is 0 Å². The van der Waals surface area contributed by atoms with E-state index in [2.05, 4.69) is 10.3 Å². The highest BCUT2D eigenvalue weighted by Gasteiger charge is 2.19. The second kappa shape index (κ2) is 5.42. The van der Waals surface area contributed by atoms with Crippen LogP contribution in [0, 0.1) is 6.92 Å². The number of amides is 1. The lowest BCUT2D eigenvalue weighted by Crippen LogP contribution is -2.13. The SMILES string of the molecule is Cc1cc(Cl)c(C(=O)Nc2cc3c(cc2Cl)OCO3)cn1. The third-order valence-corrected chi connectivity index (χ3v) is 3.57. The van der Waals surface area contributed by atoms with Crippen LogP contribution in [0.1, 0.15) is 16.1 Å². The number of nitrogens with zero attached hydrogens (tertiary/aromatic N) is 1. The molecule has 0 saturated heterocycles. The molecule has 3 rings (SSSR count). The molecule has 5 nitrogen and oxygen atoms in total. The topological polar surface area (TPSA) is 60.5 Å². The number of carbonyl (C=O) groups is 1. The molecule has 108 valence electrons. The zero-order valence-electron chi connectivity index (χ0n) is 10.9. The zero-order valence-corrected chi connectivity index (χ0v) is 12.5. The van der Waals surface area contributed by atoms with Gasteiger partial charge in [-0.1, -0.05) is 23.2 Å². The summed E-state index contributed by atoms with van der Waals surface area (Å²) in [6.45, 7) is 1.93. The van der Waals surface area contributed by atoms with Crippen molar-refractivity contribution in [2.24, 2.45) is 0 Å². The highest BCUT2D eigenvalue weighted by atomic mass is 35.5. The van der Waals surface area contributed by atoms with E-state index in [0.29, 0.717) is 27.2 Å². The number of aromatic nitrogens is 1. The number of carbonyl (C=O) groups excluding carboxylic acids is 1. The average molecular weight is 325 g/mol. The summed E-state index contributed by atoms with van der Waals surface area (Å²) in [7, 11) is 0. The summed E-state index contributed by atoms with van der Waals surface area (Å²) < 4.78 is 10.5. The lowest BCUT2D eigenvalue weighted by atomic mass is 10.2. The Balaban J connectivity index is 1.88. The van der Waals surface area contributed by atoms with Crippen LogP contribution in [0.3, 0.4) is 0 Å². The summed E-state index contributed by atoms with van der Waals surface area (Å²) in [5.41, 5.74) is 1.43. The minimum absolute atomic E-state index is 0.136. The Hall–Kier alpha value is -1.98. The van der Waals surface area contributed by atoms with E-state index in [1.165, 1.54) is 6.20 Å². The average Bonchev–Trinajstić information content (AvgIpc) is 2.86. The molecule has 2 aromatic rings. The van der Waals surface area contributed by atoms with Crippen molar-refractivity contribution in [2.75, 3.05) is 12.1 Å². The van der Waals surface area contributed by atoms with E-state index in [4.69, 9.17) is 32.7 Å². The number of rotatable bonds is 2. The highest BCUT2D eigenvalue weighted by molar-refractivity contribution is 6.36. The second-order valence-electron chi connectivity index (χ2n) is 4.44. The minimum Gasteiger partial charge on any atom is -0.454 e. The van der Waals surface area contributed by atoms with Crippen LogP contribution in [0.2, 0.25) is 10.0 Å². The van der Waals surface area contributed by atoms with Gasteiger partial charge in [0.2, 0.25) is 6.79 Å². The molecule has 0 aliphatic carbocycles. The van der Waals surface area contributed by atoms with E-state index in [9.17, 15) is 4.79 Å². The number of benzene rings is 1.